The van der Waals surface area contributed by atoms with Crippen LogP contribution in [0.2, 0.25) is 0 Å². The van der Waals surface area contributed by atoms with Crippen molar-refractivity contribution in [3.63, 3.8) is 0 Å². The molecule has 0 radical (unpaired) electrons. The lowest BCUT2D eigenvalue weighted by Crippen LogP contribution is -2.62. The summed E-state index contributed by atoms with van der Waals surface area (Å²) in [6.45, 7) is 17.0. The molecule has 782 valence electrons. The number of rotatable bonds is 63. The van der Waals surface area contributed by atoms with Gasteiger partial charge in [-0.2, -0.15) is 0 Å². The van der Waals surface area contributed by atoms with E-state index < -0.39 is 179 Å². The fourth-order valence-electron chi connectivity index (χ4n) is 16.9. The highest BCUT2D eigenvalue weighted by atomic mass is 32.9. The quantitative estimate of drug-likeness (QED) is 0.00772. The number of methoxy groups -OCH3 is 2. The number of nitrogens with one attached hydrogen (secondary N) is 6. The summed E-state index contributed by atoms with van der Waals surface area (Å²) in [4.78, 5) is 198. The summed E-state index contributed by atoms with van der Waals surface area (Å²) in [6.07, 6.45) is -2.01. The van der Waals surface area contributed by atoms with Crippen LogP contribution < -0.4 is 40.8 Å². The monoisotopic (exact) mass is 2030 g/mol. The lowest BCUT2D eigenvalue weighted by molar-refractivity contribution is -0.262. The third-order valence-electron chi connectivity index (χ3n) is 23.8. The first-order valence-corrected chi connectivity index (χ1v) is 51.5. The molecule has 140 heavy (non-hydrogen) atoms. The van der Waals surface area contributed by atoms with Gasteiger partial charge in [0.1, 0.15) is 73.5 Å². The van der Waals surface area contributed by atoms with Gasteiger partial charge >= 0.3 is 41.8 Å². The molecule has 0 aliphatic carbocycles. The molecule has 0 saturated carbocycles. The topological polar surface area (TPSA) is 482 Å². The van der Waals surface area contributed by atoms with E-state index in [9.17, 15) is 67.1 Å². The zero-order valence-electron chi connectivity index (χ0n) is 83.2. The molecule has 16 atom stereocenters. The maximum absolute atomic E-state index is 15.9. The smallest absolute Gasteiger partial charge is 0.307 e. The average Bonchev–Trinajstić information content (AvgIpc) is 0.749. The predicted octanol–water partition coefficient (Wildman–Crippen LogP) is 8.31. The van der Waals surface area contributed by atoms with E-state index in [0.717, 1.165) is 0 Å². The first kappa shape index (κ1) is 119. The number of nitrogens with zero attached hydrogens (tertiary/aromatic N) is 2. The summed E-state index contributed by atoms with van der Waals surface area (Å²) < 4.78 is 96.9. The fraction of sp³-hybridized carbons (Fsp3) is 0.663. The fourth-order valence-corrected chi connectivity index (χ4v) is 17.8. The first-order chi connectivity index (χ1) is 66.8. The van der Waals surface area contributed by atoms with Crippen molar-refractivity contribution in [3.8, 4) is 11.5 Å². The van der Waals surface area contributed by atoms with Gasteiger partial charge in [0.15, 0.2) is 18.9 Å². The highest BCUT2D eigenvalue weighted by Gasteiger charge is 2.51. The number of benzene rings is 3. The van der Waals surface area contributed by atoms with E-state index >= 15 is 4.79 Å². The highest BCUT2D eigenvalue weighted by Crippen LogP contribution is 2.43. The van der Waals surface area contributed by atoms with Gasteiger partial charge in [0.25, 0.3) is 5.91 Å². The molecule has 0 bridgehead atoms. The minimum absolute atomic E-state index is 0.0152. The molecule has 8 amide bonds. The van der Waals surface area contributed by atoms with Gasteiger partial charge in [0, 0.05) is 165 Å². The highest BCUT2D eigenvalue weighted by molar-refractivity contribution is 8.38. The zero-order chi connectivity index (χ0) is 103. The summed E-state index contributed by atoms with van der Waals surface area (Å²) in [5.41, 5.74) is 0.310. The Bertz CT molecular complexity index is 4460. The van der Waals surface area contributed by atoms with Crippen LogP contribution in [0.25, 0.3) is 0 Å². The molecule has 3 fully saturated rings. The molecule has 42 heteroatoms. The number of ether oxygens (including phenoxy) is 16. The van der Waals surface area contributed by atoms with E-state index in [-0.39, 0.29) is 153 Å². The van der Waals surface area contributed by atoms with E-state index in [1.807, 2.05) is 54.6 Å². The predicted molar refractivity (Wildman–Crippen MR) is 516 cm³/mol. The van der Waals surface area contributed by atoms with Crippen molar-refractivity contribution in [1.82, 2.24) is 41.1 Å². The second-order valence-corrected chi connectivity index (χ2v) is 38.9. The van der Waals surface area contributed by atoms with Crippen LogP contribution in [0, 0.1) is 17.8 Å². The molecule has 6 N–H and O–H groups in total. The summed E-state index contributed by atoms with van der Waals surface area (Å²) in [6, 6.07) is 21.5. The lowest BCUT2D eigenvalue weighted by atomic mass is 9.80. The van der Waals surface area contributed by atoms with Crippen LogP contribution in [0.5, 0.6) is 11.5 Å². The second-order valence-electron chi connectivity index (χ2n) is 35.0. The van der Waals surface area contributed by atoms with Crippen molar-refractivity contribution in [1.29, 1.82) is 0 Å². The minimum Gasteiger partial charge on any atom is -0.497 e. The van der Waals surface area contributed by atoms with Crippen LogP contribution in [0.15, 0.2) is 78.9 Å². The van der Waals surface area contributed by atoms with E-state index in [4.69, 9.17) is 87.0 Å². The molecule has 3 aliphatic heterocycles. The number of hydrogen-bond acceptors (Lipinski definition) is 33. The van der Waals surface area contributed by atoms with Crippen LogP contribution in [-0.4, -0.2) is 278 Å². The standard InChI is InChI=1S/C98H146N8O31PS2/c1-62-88(101-65(4)107)95(135-79(58-127-68(7)110)91(62)131-71(10)113)124-55-29-18-15-24-36-83(116)99-49-32-53-105(86(119)38-26-17-20-31-57-126-97-90(103-67(6)109)64(3)93(133-73(12)115)81(137-97)60-129-70(9)112)51-27-28-52-106(54-33-50-100-84(117)37-25-16-19-30-56-125-96-89(102-66(5)108)63(2)92(132-72(11)114)80(136-96)59-128-69(8)111)94(121)82(134-87(120)48-47-85(118)104-140(138)139)61-130-98(74-34-22-21-23-35-74,75-39-43-77(122-13)44-40-75)76-41-45-78(123-14)46-42-76/h21-23,34-35,39-46,62-64,79-82,88-93,95-97,138H,15-20,24-33,36-38,47-61H2,1-14H3,(H,99,116)(H,100,117)(H,101,107)(H,102,108)(H,103,109)(H,104,118,139)/q-1/t62-,63-,64-,79?,80?,81?,82?,88?,89?,90?,91-,92-,93-,95-,96-,97-/m1/s1. The zero-order valence-corrected chi connectivity index (χ0v) is 85.8. The van der Waals surface area contributed by atoms with Crippen molar-refractivity contribution in [3.05, 3.63) is 95.6 Å². The van der Waals surface area contributed by atoms with Crippen molar-refractivity contribution in [2.24, 2.45) is 17.8 Å². The molecule has 0 aromatic heterocycles. The normalized spacial score (nSPS) is 21.2. The van der Waals surface area contributed by atoms with Gasteiger partial charge in [-0.3, -0.25) is 88.8 Å². The molecular formula is C98H146N8O31PS2-. The maximum atomic E-state index is 15.9. The summed E-state index contributed by atoms with van der Waals surface area (Å²) >= 11 is 5.15. The number of carbonyl (C=O) groups is 15. The molecule has 3 saturated heterocycles. The largest absolute Gasteiger partial charge is 0.497 e. The second kappa shape index (κ2) is 63.7. The molecule has 0 spiro atoms. The van der Waals surface area contributed by atoms with Crippen LogP contribution in [-0.2, 0) is 164 Å². The van der Waals surface area contributed by atoms with Gasteiger partial charge in [0.05, 0.1) is 45.4 Å². The molecular weight excluding hydrogens is 1880 g/mol. The Morgan fingerprint density at radius 2 is 0.764 bits per heavy atom. The first-order valence-electron chi connectivity index (χ1n) is 48.1. The van der Waals surface area contributed by atoms with Gasteiger partial charge in [-0.25, -0.2) is 11.2 Å². The molecule has 39 nitrogen and oxygen atoms in total. The number of amides is 8. The molecule has 3 aromatic carbocycles. The maximum Gasteiger partial charge on any atom is 0.307 e. The SMILES string of the molecule is COc1ccc(C(OCC(OC(=O)CCC(=O)N[S-](=P)=S)C(=O)N(CCCCN(CCCNC(=O)CCCCCCO[C@@H]2OC(COC(C)=O)[C@H](OC(C)=O)[C@H](C)C2NC(C)=O)C(=O)CCCCCCO[C@@H]2OC(COC(C)=O)[C@H](OC(C)=O)[C@H](C)C2NC(C)=O)CCCNC(=O)CCCCCCO[C@@H]2OC(COC(C)=O)[C@H](OC(C)=O)[C@H](C)C2NC(C)=O)(c2ccccc2)c2ccc(OC)cc2)cc1. The van der Waals surface area contributed by atoms with E-state index in [0.29, 0.717) is 118 Å². The Balaban J connectivity index is 1.21. The van der Waals surface area contributed by atoms with Gasteiger partial charge in [-0.1, -0.05) is 114 Å². The van der Waals surface area contributed by atoms with E-state index in [1.54, 1.807) is 49.9 Å². The van der Waals surface area contributed by atoms with Crippen molar-refractivity contribution < 1.29 is 148 Å². The van der Waals surface area contributed by atoms with Crippen LogP contribution in [0.4, 0.5) is 0 Å². The Hall–Kier alpha value is -10.1. The molecule has 3 aromatic rings. The molecule has 7 unspecified atom stereocenters. The number of esters is 7. The van der Waals surface area contributed by atoms with Crippen LogP contribution >= 0.6 is 8.02 Å². The molecule has 3 heterocycles. The summed E-state index contributed by atoms with van der Waals surface area (Å²) in [7, 11) is 5.18. The number of hydrogen-bond donors (Lipinski definition) is 6. The Morgan fingerprint density at radius 1 is 0.414 bits per heavy atom. The summed E-state index contributed by atoms with van der Waals surface area (Å²) in [5.74, 6) is -7.71. The van der Waals surface area contributed by atoms with E-state index in [1.165, 1.54) is 81.4 Å². The van der Waals surface area contributed by atoms with Gasteiger partial charge < -0.3 is 117 Å². The Morgan fingerprint density at radius 3 is 1.12 bits per heavy atom. The van der Waals surface area contributed by atoms with E-state index in [2.05, 4.69) is 39.3 Å². The third-order valence-corrected chi connectivity index (χ3v) is 24.8. The Kier molecular flexibility index (Phi) is 54.0. The molecule has 3 aliphatic rings. The van der Waals surface area contributed by atoms with Gasteiger partial charge in [0.2, 0.25) is 47.5 Å². The van der Waals surface area contributed by atoms with Gasteiger partial charge in [-0.15, -0.1) is 0 Å². The van der Waals surface area contributed by atoms with Crippen molar-refractivity contribution >= 4 is 117 Å². The Labute approximate surface area is 829 Å². The minimum atomic E-state index is -1.67. The number of unbranched alkanes of at least 4 members (excludes halogenated alkanes) is 10. The van der Waals surface area contributed by atoms with Crippen LogP contribution in [0.1, 0.15) is 235 Å². The lowest BCUT2D eigenvalue weighted by Gasteiger charge is -2.44. The van der Waals surface area contributed by atoms with Crippen LogP contribution in [0.3, 0.4) is 0 Å². The van der Waals surface area contributed by atoms with Crippen molar-refractivity contribution in [2.75, 3.05) is 99.7 Å². The molecule has 6 rings (SSSR count). The third kappa shape index (κ3) is 42.2. The van der Waals surface area contributed by atoms with Crippen molar-refractivity contribution in [2.45, 2.75) is 303 Å². The van der Waals surface area contributed by atoms with Gasteiger partial charge in [-0.05, 0) is 105 Å². The average molecular weight is 2030 g/mol. The number of carbonyl (C=O) groups excluding carboxylic acids is 15. The summed E-state index contributed by atoms with van der Waals surface area (Å²) in [5, 5.41) is 14.6.